The zero-order valence-electron chi connectivity index (χ0n) is 12.6. The number of rotatable bonds is 5. The Morgan fingerprint density at radius 1 is 1.33 bits per heavy atom. The number of amides is 3. The van der Waals surface area contributed by atoms with Crippen molar-refractivity contribution >= 4 is 17.9 Å². The highest BCUT2D eigenvalue weighted by atomic mass is 16.5. The van der Waals surface area contributed by atoms with E-state index < -0.39 is 24.0 Å². The Bertz CT molecular complexity index is 399. The summed E-state index contributed by atoms with van der Waals surface area (Å²) in [5.74, 6) is -1.93. The summed E-state index contributed by atoms with van der Waals surface area (Å²) in [4.78, 5) is 36.3. The van der Waals surface area contributed by atoms with Gasteiger partial charge in [0.1, 0.15) is 6.04 Å². The lowest BCUT2D eigenvalue weighted by Crippen LogP contribution is -2.59. The molecule has 1 rings (SSSR count). The lowest BCUT2D eigenvalue weighted by molar-refractivity contribution is -0.141. The molecule has 0 saturated carbocycles. The molecule has 3 amide bonds. The van der Waals surface area contributed by atoms with Gasteiger partial charge in [-0.3, -0.25) is 9.59 Å². The molecular formula is C13H23N3O5. The van der Waals surface area contributed by atoms with E-state index in [1.54, 1.807) is 0 Å². The summed E-state index contributed by atoms with van der Waals surface area (Å²) in [6.07, 6.45) is 0. The highest BCUT2D eigenvalue weighted by molar-refractivity contribution is 5.87. The molecule has 1 saturated heterocycles. The second kappa shape index (κ2) is 7.82. The fourth-order valence-electron chi connectivity index (χ4n) is 1.87. The molecule has 1 aliphatic heterocycles. The first-order valence-corrected chi connectivity index (χ1v) is 6.98. The molecular weight excluding hydrogens is 278 g/mol. The number of urea groups is 1. The summed E-state index contributed by atoms with van der Waals surface area (Å²) in [7, 11) is 0. The van der Waals surface area contributed by atoms with Crippen LogP contribution in [0.5, 0.6) is 0 Å². The molecule has 1 fully saturated rings. The quantitative estimate of drug-likeness (QED) is 0.643. The van der Waals surface area contributed by atoms with Crippen LogP contribution in [0.1, 0.15) is 20.8 Å². The van der Waals surface area contributed by atoms with Gasteiger partial charge in [0.25, 0.3) is 0 Å². The first-order chi connectivity index (χ1) is 9.82. The Morgan fingerprint density at radius 2 is 2.00 bits per heavy atom. The lowest BCUT2D eigenvalue weighted by atomic mass is 10.2. The zero-order valence-corrected chi connectivity index (χ0v) is 12.6. The van der Waals surface area contributed by atoms with Gasteiger partial charge in [-0.1, -0.05) is 6.92 Å². The Labute approximate surface area is 123 Å². The second-order valence-corrected chi connectivity index (χ2v) is 5.37. The number of hydrogen-bond donors (Lipinski definition) is 3. The van der Waals surface area contributed by atoms with Crippen molar-refractivity contribution in [3.8, 4) is 0 Å². The fraction of sp³-hybridized carbons (Fsp3) is 0.769. The van der Waals surface area contributed by atoms with Gasteiger partial charge in [0.2, 0.25) is 5.91 Å². The SMILES string of the molecule is CC(C)NC(=O)C1COCCN1C(=O)NCC(C)C(=O)O. The van der Waals surface area contributed by atoms with Crippen LogP contribution in [-0.2, 0) is 14.3 Å². The predicted octanol–water partition coefficient (Wildman–Crippen LogP) is -0.358. The molecule has 2 unspecified atom stereocenters. The number of carboxylic acid groups (broad SMARTS) is 1. The van der Waals surface area contributed by atoms with E-state index in [0.29, 0.717) is 13.2 Å². The molecule has 1 heterocycles. The minimum atomic E-state index is -0.980. The van der Waals surface area contributed by atoms with Gasteiger partial charge in [0.15, 0.2) is 0 Å². The van der Waals surface area contributed by atoms with Crippen LogP contribution in [-0.4, -0.2) is 66.3 Å². The molecule has 0 aromatic carbocycles. The van der Waals surface area contributed by atoms with Gasteiger partial charge >= 0.3 is 12.0 Å². The molecule has 0 bridgehead atoms. The average molecular weight is 301 g/mol. The number of carbonyl (C=O) groups is 3. The third kappa shape index (κ3) is 5.22. The monoisotopic (exact) mass is 301 g/mol. The molecule has 0 aliphatic carbocycles. The highest BCUT2D eigenvalue weighted by Gasteiger charge is 2.33. The van der Waals surface area contributed by atoms with Gasteiger partial charge in [0.05, 0.1) is 19.1 Å². The molecule has 0 aromatic rings. The molecule has 0 radical (unpaired) electrons. The van der Waals surface area contributed by atoms with Crippen LogP contribution in [0, 0.1) is 5.92 Å². The van der Waals surface area contributed by atoms with E-state index in [1.807, 2.05) is 13.8 Å². The minimum Gasteiger partial charge on any atom is -0.481 e. The third-order valence-electron chi connectivity index (χ3n) is 3.10. The molecule has 1 aliphatic rings. The number of nitrogens with one attached hydrogen (secondary N) is 2. The first-order valence-electron chi connectivity index (χ1n) is 6.98. The van der Waals surface area contributed by atoms with Crippen LogP contribution in [0.4, 0.5) is 4.79 Å². The van der Waals surface area contributed by atoms with E-state index in [4.69, 9.17) is 9.84 Å². The Morgan fingerprint density at radius 3 is 2.57 bits per heavy atom. The molecule has 8 nitrogen and oxygen atoms in total. The minimum absolute atomic E-state index is 0.0179. The number of hydrogen-bond acceptors (Lipinski definition) is 4. The lowest BCUT2D eigenvalue weighted by Gasteiger charge is -2.35. The van der Waals surface area contributed by atoms with Crippen molar-refractivity contribution in [3.05, 3.63) is 0 Å². The summed E-state index contributed by atoms with van der Waals surface area (Å²) in [5, 5.41) is 14.1. The van der Waals surface area contributed by atoms with E-state index in [-0.39, 0.29) is 25.1 Å². The summed E-state index contributed by atoms with van der Waals surface area (Å²) >= 11 is 0. The standard InChI is InChI=1S/C13H23N3O5/c1-8(2)15-11(17)10-7-21-5-4-16(10)13(20)14-6-9(3)12(18)19/h8-10H,4-7H2,1-3H3,(H,14,20)(H,15,17)(H,18,19). The van der Waals surface area contributed by atoms with Gasteiger partial charge in [-0.25, -0.2) is 4.79 Å². The summed E-state index contributed by atoms with van der Waals surface area (Å²) in [5.41, 5.74) is 0. The van der Waals surface area contributed by atoms with Crippen molar-refractivity contribution in [1.82, 2.24) is 15.5 Å². The van der Waals surface area contributed by atoms with Crippen molar-refractivity contribution in [1.29, 1.82) is 0 Å². The maximum atomic E-state index is 12.1. The largest absolute Gasteiger partial charge is 0.481 e. The Kier molecular flexibility index (Phi) is 6.41. The smallest absolute Gasteiger partial charge is 0.318 e. The topological polar surface area (TPSA) is 108 Å². The number of carboxylic acids is 1. The van der Waals surface area contributed by atoms with Crippen molar-refractivity contribution in [2.24, 2.45) is 5.92 Å². The molecule has 3 N–H and O–H groups in total. The van der Waals surface area contributed by atoms with Gasteiger partial charge in [-0.15, -0.1) is 0 Å². The van der Waals surface area contributed by atoms with Crippen LogP contribution in [0.25, 0.3) is 0 Å². The average Bonchev–Trinajstić information content (AvgIpc) is 2.43. The maximum absolute atomic E-state index is 12.1. The predicted molar refractivity (Wildman–Crippen MR) is 74.8 cm³/mol. The van der Waals surface area contributed by atoms with E-state index in [0.717, 1.165) is 0 Å². The maximum Gasteiger partial charge on any atom is 0.318 e. The van der Waals surface area contributed by atoms with Crippen molar-refractivity contribution in [3.63, 3.8) is 0 Å². The van der Waals surface area contributed by atoms with Crippen molar-refractivity contribution < 1.29 is 24.2 Å². The molecule has 21 heavy (non-hydrogen) atoms. The molecule has 2 atom stereocenters. The van der Waals surface area contributed by atoms with Crippen LogP contribution in [0.3, 0.4) is 0 Å². The first kappa shape index (κ1) is 17.2. The second-order valence-electron chi connectivity index (χ2n) is 5.37. The van der Waals surface area contributed by atoms with Crippen LogP contribution >= 0.6 is 0 Å². The number of aliphatic carboxylic acids is 1. The van der Waals surface area contributed by atoms with Crippen LogP contribution in [0.2, 0.25) is 0 Å². The van der Waals surface area contributed by atoms with E-state index in [1.165, 1.54) is 11.8 Å². The third-order valence-corrected chi connectivity index (χ3v) is 3.10. The van der Waals surface area contributed by atoms with Gasteiger partial charge in [-0.05, 0) is 13.8 Å². The van der Waals surface area contributed by atoms with Crippen molar-refractivity contribution in [2.75, 3.05) is 26.3 Å². The summed E-state index contributed by atoms with van der Waals surface area (Å²) in [6, 6.07) is -1.17. The fourth-order valence-corrected chi connectivity index (χ4v) is 1.87. The Hall–Kier alpha value is -1.83. The number of carbonyl (C=O) groups excluding carboxylic acids is 2. The number of nitrogens with zero attached hydrogens (tertiary/aromatic N) is 1. The van der Waals surface area contributed by atoms with E-state index >= 15 is 0 Å². The molecule has 0 aromatic heterocycles. The summed E-state index contributed by atoms with van der Waals surface area (Å²) in [6.45, 7) is 5.98. The number of morpholine rings is 1. The van der Waals surface area contributed by atoms with Gasteiger partial charge in [0, 0.05) is 19.1 Å². The van der Waals surface area contributed by atoms with E-state index in [2.05, 4.69) is 10.6 Å². The molecule has 8 heteroatoms. The molecule has 0 spiro atoms. The highest BCUT2D eigenvalue weighted by Crippen LogP contribution is 2.08. The van der Waals surface area contributed by atoms with E-state index in [9.17, 15) is 14.4 Å². The summed E-state index contributed by atoms with van der Waals surface area (Å²) < 4.78 is 5.25. The number of ether oxygens (including phenoxy) is 1. The van der Waals surface area contributed by atoms with Gasteiger partial charge in [-0.2, -0.15) is 0 Å². The van der Waals surface area contributed by atoms with Gasteiger partial charge < -0.3 is 25.4 Å². The molecule has 120 valence electrons. The normalized spacial score (nSPS) is 20.0. The zero-order chi connectivity index (χ0) is 16.0. The van der Waals surface area contributed by atoms with Crippen molar-refractivity contribution in [2.45, 2.75) is 32.9 Å². The van der Waals surface area contributed by atoms with Crippen LogP contribution < -0.4 is 10.6 Å². The van der Waals surface area contributed by atoms with Crippen LogP contribution in [0.15, 0.2) is 0 Å². The Balaban J connectivity index is 2.61.